The van der Waals surface area contributed by atoms with Gasteiger partial charge in [-0.05, 0) is 48.0 Å². The van der Waals surface area contributed by atoms with Crippen LogP contribution in [0.2, 0.25) is 0 Å². The largest absolute Gasteiger partial charge is 0.456 e. The van der Waals surface area contributed by atoms with E-state index in [-0.39, 0.29) is 4.90 Å². The standard InChI is InChI=1S/C18H16N2O3S/c21-24(22)18-9-8-16(23-17-7-4-10-19-13-17)11-14(18)12-20-15-5-2-1-3-6-15/h1-11,13,20,24H,12H2. The molecule has 0 spiro atoms. The number of ether oxygens (including phenoxy) is 1. The maximum absolute atomic E-state index is 11.5. The minimum Gasteiger partial charge on any atom is -0.456 e. The average molecular weight is 340 g/mol. The molecule has 0 aliphatic rings. The molecule has 6 heteroatoms. The minimum absolute atomic E-state index is 0.284. The van der Waals surface area contributed by atoms with E-state index in [1.165, 1.54) is 0 Å². The van der Waals surface area contributed by atoms with Crippen molar-refractivity contribution in [3.05, 3.63) is 78.6 Å². The number of aromatic nitrogens is 1. The first-order chi connectivity index (χ1) is 11.7. The van der Waals surface area contributed by atoms with Gasteiger partial charge < -0.3 is 10.1 Å². The van der Waals surface area contributed by atoms with E-state index in [0.29, 0.717) is 23.6 Å². The van der Waals surface area contributed by atoms with Crippen molar-refractivity contribution in [3.63, 3.8) is 0 Å². The Hall–Kier alpha value is -2.86. The highest BCUT2D eigenvalue weighted by molar-refractivity contribution is 7.72. The molecule has 0 atom stereocenters. The summed E-state index contributed by atoms with van der Waals surface area (Å²) >= 11 is 0. The van der Waals surface area contributed by atoms with Crippen LogP contribution in [-0.2, 0) is 17.2 Å². The lowest BCUT2D eigenvalue weighted by Crippen LogP contribution is -2.02. The van der Waals surface area contributed by atoms with Crippen LogP contribution < -0.4 is 10.1 Å². The summed E-state index contributed by atoms with van der Waals surface area (Å²) in [4.78, 5) is 4.28. The third-order valence-electron chi connectivity index (χ3n) is 3.37. The topological polar surface area (TPSA) is 68.3 Å². The second-order valence-electron chi connectivity index (χ2n) is 5.06. The Balaban J connectivity index is 1.83. The van der Waals surface area contributed by atoms with Crippen molar-refractivity contribution in [1.82, 2.24) is 4.98 Å². The molecule has 0 aliphatic carbocycles. The Kier molecular flexibility index (Phi) is 5.08. The van der Waals surface area contributed by atoms with Crippen LogP contribution in [-0.4, -0.2) is 13.4 Å². The molecule has 0 radical (unpaired) electrons. The minimum atomic E-state index is -2.68. The quantitative estimate of drug-likeness (QED) is 0.673. The molecular weight excluding hydrogens is 324 g/mol. The number of hydrogen-bond acceptors (Lipinski definition) is 5. The molecule has 3 aromatic rings. The fourth-order valence-electron chi connectivity index (χ4n) is 2.24. The fraction of sp³-hybridized carbons (Fsp3) is 0.0556. The number of rotatable bonds is 6. The van der Waals surface area contributed by atoms with E-state index in [2.05, 4.69) is 10.3 Å². The summed E-state index contributed by atoms with van der Waals surface area (Å²) in [6.07, 6.45) is 3.26. The Bertz CT molecular complexity index is 873. The van der Waals surface area contributed by atoms with E-state index in [1.807, 2.05) is 30.3 Å². The number of pyridine rings is 1. The van der Waals surface area contributed by atoms with Gasteiger partial charge in [-0.2, -0.15) is 0 Å². The second kappa shape index (κ2) is 7.61. The first kappa shape index (κ1) is 16.0. The number of benzene rings is 2. The van der Waals surface area contributed by atoms with Gasteiger partial charge in [0.15, 0.2) is 10.7 Å². The van der Waals surface area contributed by atoms with E-state index in [4.69, 9.17) is 4.74 Å². The number of thiol groups is 1. The van der Waals surface area contributed by atoms with Gasteiger partial charge in [0.1, 0.15) is 11.5 Å². The highest BCUT2D eigenvalue weighted by atomic mass is 32.2. The lowest BCUT2D eigenvalue weighted by Gasteiger charge is -2.11. The summed E-state index contributed by atoms with van der Waals surface area (Å²) in [6, 6.07) is 18.1. The van der Waals surface area contributed by atoms with Gasteiger partial charge in [-0.1, -0.05) is 18.2 Å². The first-order valence-electron chi connectivity index (χ1n) is 7.36. The summed E-state index contributed by atoms with van der Waals surface area (Å²) in [6.45, 7) is 0.382. The fourth-order valence-corrected chi connectivity index (χ4v) is 2.82. The van der Waals surface area contributed by atoms with Crippen LogP contribution in [0, 0.1) is 0 Å². The molecule has 0 saturated carbocycles. The van der Waals surface area contributed by atoms with Crippen molar-refractivity contribution < 1.29 is 13.2 Å². The van der Waals surface area contributed by atoms with Crippen LogP contribution in [0.4, 0.5) is 5.69 Å². The maximum Gasteiger partial charge on any atom is 0.168 e. The predicted octanol–water partition coefficient (Wildman–Crippen LogP) is 3.46. The Labute approximate surface area is 141 Å². The number of para-hydroxylation sites is 1. The molecule has 122 valence electrons. The van der Waals surface area contributed by atoms with Gasteiger partial charge in [-0.3, -0.25) is 4.98 Å². The van der Waals surface area contributed by atoms with Crippen LogP contribution in [0.3, 0.4) is 0 Å². The zero-order valence-corrected chi connectivity index (χ0v) is 13.6. The average Bonchev–Trinajstić information content (AvgIpc) is 2.61. The molecule has 2 aromatic carbocycles. The van der Waals surface area contributed by atoms with Crippen LogP contribution in [0.15, 0.2) is 78.0 Å². The zero-order valence-electron chi connectivity index (χ0n) is 12.8. The van der Waals surface area contributed by atoms with Crippen LogP contribution in [0.1, 0.15) is 5.56 Å². The van der Waals surface area contributed by atoms with Crippen molar-refractivity contribution in [3.8, 4) is 11.5 Å². The van der Waals surface area contributed by atoms with Crippen molar-refractivity contribution in [2.75, 3.05) is 5.32 Å². The zero-order chi connectivity index (χ0) is 16.8. The molecular formula is C18H16N2O3S. The van der Waals surface area contributed by atoms with E-state index in [1.54, 1.807) is 42.7 Å². The third-order valence-corrected chi connectivity index (χ3v) is 4.20. The summed E-state index contributed by atoms with van der Waals surface area (Å²) < 4.78 is 28.6. The highest BCUT2D eigenvalue weighted by Gasteiger charge is 2.08. The van der Waals surface area contributed by atoms with E-state index in [9.17, 15) is 8.42 Å². The molecule has 0 amide bonds. The van der Waals surface area contributed by atoms with Crippen molar-refractivity contribution in [2.45, 2.75) is 11.4 Å². The molecule has 1 aromatic heterocycles. The molecule has 0 saturated heterocycles. The third kappa shape index (κ3) is 4.11. The maximum atomic E-state index is 11.5. The Morgan fingerprint density at radius 3 is 2.50 bits per heavy atom. The summed E-state index contributed by atoms with van der Waals surface area (Å²) in [5.41, 5.74) is 1.57. The molecule has 0 fully saturated rings. The number of anilines is 1. The molecule has 0 bridgehead atoms. The molecule has 0 aliphatic heterocycles. The number of hydrogen-bond donors (Lipinski definition) is 2. The van der Waals surface area contributed by atoms with Gasteiger partial charge in [-0.15, -0.1) is 0 Å². The SMILES string of the molecule is O=[SH](=O)c1ccc(Oc2cccnc2)cc1CNc1ccccc1. The molecule has 0 unspecified atom stereocenters. The predicted molar refractivity (Wildman–Crippen MR) is 93.1 cm³/mol. The van der Waals surface area contributed by atoms with Crippen molar-refractivity contribution in [1.29, 1.82) is 0 Å². The first-order valence-corrected chi connectivity index (χ1v) is 8.54. The normalized spacial score (nSPS) is 10.5. The van der Waals surface area contributed by atoms with E-state index >= 15 is 0 Å². The molecule has 1 heterocycles. The highest BCUT2D eigenvalue weighted by Crippen LogP contribution is 2.25. The summed E-state index contributed by atoms with van der Waals surface area (Å²) in [5, 5.41) is 3.21. The summed E-state index contributed by atoms with van der Waals surface area (Å²) in [5.74, 6) is 1.16. The Morgan fingerprint density at radius 1 is 0.958 bits per heavy atom. The van der Waals surface area contributed by atoms with E-state index < -0.39 is 10.7 Å². The van der Waals surface area contributed by atoms with Gasteiger partial charge in [0.25, 0.3) is 0 Å². The van der Waals surface area contributed by atoms with Gasteiger partial charge in [-0.25, -0.2) is 8.42 Å². The lowest BCUT2D eigenvalue weighted by molar-refractivity contribution is 0.479. The van der Waals surface area contributed by atoms with Crippen LogP contribution in [0.5, 0.6) is 11.5 Å². The monoisotopic (exact) mass is 340 g/mol. The number of nitrogens with zero attached hydrogens (tertiary/aromatic N) is 1. The van der Waals surface area contributed by atoms with Crippen LogP contribution in [0.25, 0.3) is 0 Å². The lowest BCUT2D eigenvalue weighted by atomic mass is 10.2. The van der Waals surface area contributed by atoms with Crippen molar-refractivity contribution in [2.24, 2.45) is 0 Å². The molecule has 5 nitrogen and oxygen atoms in total. The van der Waals surface area contributed by atoms with E-state index in [0.717, 1.165) is 5.69 Å². The molecule has 24 heavy (non-hydrogen) atoms. The van der Waals surface area contributed by atoms with Crippen LogP contribution >= 0.6 is 0 Å². The van der Waals surface area contributed by atoms with Gasteiger partial charge >= 0.3 is 0 Å². The van der Waals surface area contributed by atoms with Crippen molar-refractivity contribution >= 4 is 16.4 Å². The number of nitrogens with one attached hydrogen (secondary N) is 1. The molecule has 1 N–H and O–H groups in total. The molecule has 3 rings (SSSR count). The Morgan fingerprint density at radius 2 is 1.79 bits per heavy atom. The van der Waals surface area contributed by atoms with Gasteiger partial charge in [0.05, 0.1) is 11.1 Å². The summed E-state index contributed by atoms with van der Waals surface area (Å²) in [7, 11) is -2.68. The smallest absolute Gasteiger partial charge is 0.168 e. The second-order valence-corrected chi connectivity index (χ2v) is 6.05. The van der Waals surface area contributed by atoms with Gasteiger partial charge in [0.2, 0.25) is 0 Å². The van der Waals surface area contributed by atoms with Gasteiger partial charge in [0, 0.05) is 18.4 Å².